The first kappa shape index (κ1) is 92.3. The Morgan fingerprint density at radius 1 is 0.373 bits per heavy atom. The summed E-state index contributed by atoms with van der Waals surface area (Å²) in [5, 5.41) is 13.7. The fourth-order valence-corrected chi connectivity index (χ4v) is 15.3. The molecular formula is C102H100N16O16. The minimum atomic E-state index is -0.522. The number of carbonyl (C=O) groups is 5. The van der Waals surface area contributed by atoms with Gasteiger partial charge in [0, 0.05) is 114 Å². The van der Waals surface area contributed by atoms with Gasteiger partial charge in [0.05, 0.1) is 67.6 Å². The topological polar surface area (TPSA) is 395 Å². The van der Waals surface area contributed by atoms with Crippen molar-refractivity contribution in [2.75, 3.05) is 51.5 Å². The molecule has 10 heterocycles. The zero-order chi connectivity index (χ0) is 94.6. The molecule has 0 spiro atoms. The Balaban J connectivity index is 0.000000128. The van der Waals surface area contributed by atoms with Gasteiger partial charge in [-0.05, 0) is 150 Å². The predicted octanol–water partition coefficient (Wildman–Crippen LogP) is 16.0. The second-order valence-corrected chi connectivity index (χ2v) is 33.1. The number of hydrogen-bond donors (Lipinski definition) is 5. The van der Waals surface area contributed by atoms with Gasteiger partial charge in [0.15, 0.2) is 28.2 Å². The monoisotopic (exact) mass is 1800 g/mol. The van der Waals surface area contributed by atoms with Crippen LogP contribution in [0.15, 0.2) is 267 Å². The lowest BCUT2D eigenvalue weighted by molar-refractivity contribution is 0.0518. The zero-order valence-electron chi connectivity index (χ0n) is 75.8. The SMILES string of the molecule is CCOC(=O)c1c[nH]n2c(=O)cc(-c3ccc(-c4ccccc4)cc3)nc12.CCOC(=O)c1c[nH]n2c(=O)cc(-c3ccc(C(C)(C)C)cc3)nc12.CCOC(=O)c1c[nH]n2c(=O)cc(-c3ccc(C4(c5ccccc5)CC4)cc3)nc12.CCOC(=O)c1c[nH]n2c(=O)cc(-c3ccc(N(C)CC4CC4)cc3)nc12.CCOC(=O)c1c[nH]n2c(=O)cc(-c3ccc(OC(C)C)cc3)nc12. The number of benzene rings is 7. The lowest BCUT2D eigenvalue weighted by atomic mass is 9.86. The Morgan fingerprint density at radius 2 is 0.642 bits per heavy atom. The van der Waals surface area contributed by atoms with Gasteiger partial charge in [-0.1, -0.05) is 166 Å². The van der Waals surface area contributed by atoms with Crippen LogP contribution in [-0.4, -0.2) is 156 Å². The molecule has 0 radical (unpaired) electrons. The minimum Gasteiger partial charge on any atom is -0.491 e. The molecule has 7 aromatic carbocycles. The van der Waals surface area contributed by atoms with Gasteiger partial charge in [-0.25, -0.2) is 71.5 Å². The molecule has 17 aromatic rings. The van der Waals surface area contributed by atoms with Gasteiger partial charge in [0.25, 0.3) is 27.8 Å². The average Bonchev–Trinajstić information content (AvgIpc) is 1.58. The molecule has 32 heteroatoms. The van der Waals surface area contributed by atoms with E-state index in [4.69, 9.17) is 28.4 Å². The van der Waals surface area contributed by atoms with Gasteiger partial charge < -0.3 is 33.3 Å². The van der Waals surface area contributed by atoms with E-state index in [9.17, 15) is 47.9 Å². The number of aromatic amines is 5. The van der Waals surface area contributed by atoms with E-state index in [0.717, 1.165) is 75.7 Å². The first-order valence-corrected chi connectivity index (χ1v) is 44.1. The number of anilines is 1. The smallest absolute Gasteiger partial charge is 0.343 e. The van der Waals surface area contributed by atoms with E-state index in [-0.39, 0.29) is 134 Å². The Bertz CT molecular complexity index is 7460. The van der Waals surface area contributed by atoms with Crippen molar-refractivity contribution in [1.29, 1.82) is 0 Å². The maximum Gasteiger partial charge on any atom is 0.343 e. The molecule has 32 nitrogen and oxygen atoms in total. The van der Waals surface area contributed by atoms with E-state index in [1.54, 1.807) is 34.6 Å². The van der Waals surface area contributed by atoms with Crippen LogP contribution in [0, 0.1) is 5.92 Å². The Hall–Kier alpha value is -16.4. The van der Waals surface area contributed by atoms with E-state index >= 15 is 0 Å². The average molecular weight is 1810 g/mol. The molecule has 0 unspecified atom stereocenters. The maximum absolute atomic E-state index is 12.5. The van der Waals surface area contributed by atoms with Crippen molar-refractivity contribution < 1.29 is 52.4 Å². The van der Waals surface area contributed by atoms with Crippen molar-refractivity contribution in [3.63, 3.8) is 0 Å². The Labute approximate surface area is 767 Å². The van der Waals surface area contributed by atoms with Crippen molar-refractivity contribution in [1.82, 2.24) is 73.0 Å². The lowest BCUT2D eigenvalue weighted by Crippen LogP contribution is -2.19. The van der Waals surface area contributed by atoms with Gasteiger partial charge in [-0.15, -0.1) is 0 Å². The third kappa shape index (κ3) is 20.6. The van der Waals surface area contributed by atoms with E-state index in [1.807, 2.05) is 159 Å². The minimum absolute atomic E-state index is 0.0488. The zero-order valence-corrected chi connectivity index (χ0v) is 75.8. The third-order valence-electron chi connectivity index (χ3n) is 22.5. The first-order valence-electron chi connectivity index (χ1n) is 44.1. The molecule has 0 saturated heterocycles. The van der Waals surface area contributed by atoms with Gasteiger partial charge >= 0.3 is 29.8 Å². The molecule has 0 bridgehead atoms. The first-order chi connectivity index (χ1) is 64.7. The van der Waals surface area contributed by atoms with Gasteiger partial charge in [0.1, 0.15) is 33.6 Å². The molecular weight excluding hydrogens is 1710 g/mol. The predicted molar refractivity (Wildman–Crippen MR) is 508 cm³/mol. The van der Waals surface area contributed by atoms with Crippen LogP contribution in [0.3, 0.4) is 0 Å². The van der Waals surface area contributed by atoms with Crippen LogP contribution in [0.4, 0.5) is 5.69 Å². The van der Waals surface area contributed by atoms with Crippen molar-refractivity contribution >= 4 is 63.8 Å². The van der Waals surface area contributed by atoms with Crippen LogP contribution < -0.4 is 37.4 Å². The van der Waals surface area contributed by atoms with Gasteiger partial charge in [0.2, 0.25) is 0 Å². The van der Waals surface area contributed by atoms with E-state index in [2.05, 4.69) is 120 Å². The van der Waals surface area contributed by atoms with Crippen LogP contribution in [0.2, 0.25) is 0 Å². The summed E-state index contributed by atoms with van der Waals surface area (Å²) in [5.74, 6) is -0.996. The number of ether oxygens (including phenoxy) is 6. The molecule has 0 aliphatic heterocycles. The number of carbonyl (C=O) groups excluding carboxylic acids is 5. The summed E-state index contributed by atoms with van der Waals surface area (Å²) >= 11 is 0. The summed E-state index contributed by atoms with van der Waals surface area (Å²) in [6.45, 7) is 21.3. The second kappa shape index (κ2) is 40.3. The lowest BCUT2D eigenvalue weighted by Gasteiger charge is -2.19. The Kier molecular flexibility index (Phi) is 27.8. The number of H-pyrrole nitrogens is 5. The summed E-state index contributed by atoms with van der Waals surface area (Å²) in [5.41, 5.74) is 14.9. The standard InChI is InChI=1S/C24H21N3O3.C21H17N3O3.C20H22N4O3.C19H21N3O3.C18H19N3O4/c1-2-30-23(29)19-15-25-27-21(28)14-20(26-22(19)27)16-8-10-18(11-9-16)24(12-13-24)17-6-4-3-5-7-17;1-2-27-21(26)17-13-22-24-19(25)12-18(23-20(17)24)16-10-8-15(9-11-16)14-6-4-3-5-7-14;1-3-27-20(26)16-11-21-24-18(25)10-17(22-19(16)24)14-6-8-15(9-7-14)23(2)12-13-4-5-13;1-5-25-18(24)14-11-20-22-16(23)10-15(21-17(14)22)12-6-8-13(9-7-12)19(2,3)4;1-4-24-18(23)14-10-19-21-16(22)9-15(20-17(14)21)12-5-7-13(8-6-12)25-11(2)3/h3-11,14-15,25H,2,12-13H2,1H3;3-13,22H,2H2,1H3;6-11,13,21H,3-5,12H2,1-2H3;6-11,20H,5H2,1-4H3;5-11,19H,4H2,1-3H3. The number of fused-ring (bicyclic) bond motifs is 5. The molecule has 5 N–H and O–H groups in total. The maximum atomic E-state index is 12.5. The second-order valence-electron chi connectivity index (χ2n) is 33.1. The fourth-order valence-electron chi connectivity index (χ4n) is 15.3. The molecule has 2 aliphatic rings. The van der Waals surface area contributed by atoms with Crippen molar-refractivity contribution in [3.05, 3.63) is 340 Å². The molecule has 0 atom stereocenters. The molecule has 2 fully saturated rings. The molecule has 684 valence electrons. The molecule has 2 aliphatic carbocycles. The van der Waals surface area contributed by atoms with Gasteiger partial charge in [-0.3, -0.25) is 49.5 Å². The van der Waals surface area contributed by atoms with Crippen LogP contribution in [0.1, 0.15) is 163 Å². The van der Waals surface area contributed by atoms with Crippen LogP contribution in [0.25, 0.3) is 95.6 Å². The number of hydrogen-bond acceptors (Lipinski definition) is 22. The van der Waals surface area contributed by atoms with Crippen LogP contribution >= 0.6 is 0 Å². The van der Waals surface area contributed by atoms with Gasteiger partial charge in [-0.2, -0.15) is 0 Å². The largest absolute Gasteiger partial charge is 0.491 e. The van der Waals surface area contributed by atoms with Crippen molar-refractivity contribution in [2.24, 2.45) is 5.92 Å². The molecule has 134 heavy (non-hydrogen) atoms. The molecule has 10 aromatic heterocycles. The number of esters is 5. The number of rotatable bonds is 23. The number of nitrogens with one attached hydrogen (secondary N) is 5. The summed E-state index contributed by atoms with van der Waals surface area (Å²) < 4.78 is 36.9. The van der Waals surface area contributed by atoms with Crippen molar-refractivity contribution in [3.8, 4) is 73.2 Å². The summed E-state index contributed by atoms with van der Waals surface area (Å²) in [4.78, 5) is 147. The van der Waals surface area contributed by atoms with E-state index in [0.29, 0.717) is 28.5 Å². The highest BCUT2D eigenvalue weighted by atomic mass is 16.5. The summed E-state index contributed by atoms with van der Waals surface area (Å²) in [6.07, 6.45) is 12.2. The summed E-state index contributed by atoms with van der Waals surface area (Å²) in [6, 6.07) is 67.0. The molecule has 19 rings (SSSR count). The van der Waals surface area contributed by atoms with Crippen LogP contribution in [0.5, 0.6) is 5.75 Å². The fraction of sp³-hybridized carbons (Fsp3) is 0.245. The quantitative estimate of drug-likeness (QED) is 0.0293. The van der Waals surface area contributed by atoms with Crippen molar-refractivity contribution in [2.45, 2.75) is 112 Å². The normalized spacial score (nSPS) is 12.4. The Morgan fingerprint density at radius 3 is 0.933 bits per heavy atom. The van der Waals surface area contributed by atoms with Crippen LogP contribution in [-0.2, 0) is 34.5 Å². The van der Waals surface area contributed by atoms with E-state index < -0.39 is 29.8 Å². The number of aromatic nitrogens is 15. The van der Waals surface area contributed by atoms with E-state index in [1.165, 1.54) is 113 Å². The summed E-state index contributed by atoms with van der Waals surface area (Å²) in [7, 11) is 2.09. The molecule has 0 amide bonds. The molecule has 2 saturated carbocycles. The highest BCUT2D eigenvalue weighted by molar-refractivity contribution is 5.99. The third-order valence-corrected chi connectivity index (χ3v) is 22.5. The highest BCUT2D eigenvalue weighted by Crippen LogP contribution is 2.53. The highest BCUT2D eigenvalue weighted by Gasteiger charge is 2.45. The number of nitrogens with zero attached hydrogens (tertiary/aromatic N) is 11.